The average Bonchev–Trinajstić information content (AvgIpc) is 2.68. The molecular weight excluding hydrogens is 266 g/mol. The van der Waals surface area contributed by atoms with Crippen LogP contribution < -0.4 is 11.1 Å². The van der Waals surface area contributed by atoms with Gasteiger partial charge in [0.05, 0.1) is 23.6 Å². The first-order valence-corrected chi connectivity index (χ1v) is 7.73. The zero-order valence-electron chi connectivity index (χ0n) is 13.4. The van der Waals surface area contributed by atoms with Crippen LogP contribution in [0.25, 0.3) is 0 Å². The molecule has 3 N–H and O–H groups in total. The van der Waals surface area contributed by atoms with Gasteiger partial charge in [-0.1, -0.05) is 0 Å². The minimum absolute atomic E-state index is 0.0477. The quantitative estimate of drug-likeness (QED) is 0.850. The molecule has 2 heterocycles. The maximum Gasteiger partial charge on any atom is 0.238 e. The van der Waals surface area contributed by atoms with Crippen molar-refractivity contribution in [2.45, 2.75) is 33.1 Å². The first-order valence-electron chi connectivity index (χ1n) is 7.73. The van der Waals surface area contributed by atoms with E-state index < -0.39 is 0 Å². The monoisotopic (exact) mass is 293 g/mol. The minimum Gasteiger partial charge on any atom is -0.330 e. The number of hydrogen-bond acceptors (Lipinski definition) is 4. The van der Waals surface area contributed by atoms with Crippen molar-refractivity contribution in [1.82, 2.24) is 14.7 Å². The number of nitrogens with one attached hydrogen (secondary N) is 1. The summed E-state index contributed by atoms with van der Waals surface area (Å²) in [6.45, 7) is 7.09. The number of aryl methyl sites for hydroxylation is 2. The molecular formula is C15H27N5O. The number of rotatable bonds is 5. The molecule has 118 valence electrons. The number of likely N-dealkylation sites (tertiary alicyclic amines) is 1. The Morgan fingerprint density at radius 2 is 2.05 bits per heavy atom. The molecule has 0 radical (unpaired) electrons. The van der Waals surface area contributed by atoms with Crippen LogP contribution in [0.4, 0.5) is 5.69 Å². The Morgan fingerprint density at radius 3 is 2.57 bits per heavy atom. The maximum absolute atomic E-state index is 12.2. The Kier molecular flexibility index (Phi) is 5.36. The smallest absolute Gasteiger partial charge is 0.238 e. The summed E-state index contributed by atoms with van der Waals surface area (Å²) in [6.07, 6.45) is 3.40. The molecule has 0 saturated carbocycles. The molecule has 21 heavy (non-hydrogen) atoms. The number of nitrogens with two attached hydrogens (primary N) is 1. The molecule has 1 fully saturated rings. The number of nitrogens with zero attached hydrogens (tertiary/aromatic N) is 3. The third-order valence-electron chi connectivity index (χ3n) is 4.42. The highest BCUT2D eigenvalue weighted by Gasteiger charge is 2.21. The van der Waals surface area contributed by atoms with Gasteiger partial charge in [0.1, 0.15) is 0 Å². The van der Waals surface area contributed by atoms with E-state index in [0.717, 1.165) is 61.9 Å². The van der Waals surface area contributed by atoms with E-state index in [2.05, 4.69) is 15.3 Å². The Morgan fingerprint density at radius 1 is 1.38 bits per heavy atom. The van der Waals surface area contributed by atoms with Gasteiger partial charge in [-0.15, -0.1) is 0 Å². The van der Waals surface area contributed by atoms with Crippen molar-refractivity contribution >= 4 is 11.6 Å². The second-order valence-corrected chi connectivity index (χ2v) is 6.01. The molecule has 0 aromatic carbocycles. The van der Waals surface area contributed by atoms with Crippen LogP contribution in [-0.2, 0) is 11.8 Å². The van der Waals surface area contributed by atoms with Gasteiger partial charge in [0.2, 0.25) is 5.91 Å². The van der Waals surface area contributed by atoms with Gasteiger partial charge in [-0.05, 0) is 58.7 Å². The van der Waals surface area contributed by atoms with Crippen LogP contribution in [0.2, 0.25) is 0 Å². The fraction of sp³-hybridized carbons (Fsp3) is 0.733. The lowest BCUT2D eigenvalue weighted by molar-refractivity contribution is -0.117. The summed E-state index contributed by atoms with van der Waals surface area (Å²) in [5, 5.41) is 7.32. The lowest BCUT2D eigenvalue weighted by atomic mass is 9.94. The summed E-state index contributed by atoms with van der Waals surface area (Å²) in [4.78, 5) is 14.4. The fourth-order valence-corrected chi connectivity index (χ4v) is 3.01. The molecule has 6 heteroatoms. The molecule has 0 aliphatic carbocycles. The molecule has 6 nitrogen and oxygen atoms in total. The van der Waals surface area contributed by atoms with E-state index in [1.165, 1.54) is 0 Å². The highest BCUT2D eigenvalue weighted by Crippen LogP contribution is 2.21. The van der Waals surface area contributed by atoms with E-state index in [1.54, 1.807) is 4.68 Å². The summed E-state index contributed by atoms with van der Waals surface area (Å²) in [5.41, 5.74) is 8.31. The number of amides is 1. The third kappa shape index (κ3) is 4.04. The molecule has 1 amide bonds. The fourth-order valence-electron chi connectivity index (χ4n) is 3.01. The molecule has 0 atom stereocenters. The lowest BCUT2D eigenvalue weighted by Gasteiger charge is -2.31. The predicted octanol–water partition coefficient (Wildman–Crippen LogP) is 1.04. The molecule has 0 bridgehead atoms. The van der Waals surface area contributed by atoms with Crippen molar-refractivity contribution in [2.75, 3.05) is 31.5 Å². The SMILES string of the molecule is Cc1nn(C)c(C)c1NC(=O)CN1CCC(CCN)CC1. The molecule has 1 saturated heterocycles. The van der Waals surface area contributed by atoms with Gasteiger partial charge in [-0.25, -0.2) is 0 Å². The number of carbonyl (C=O) groups is 1. The van der Waals surface area contributed by atoms with Crippen molar-refractivity contribution in [3.63, 3.8) is 0 Å². The van der Waals surface area contributed by atoms with Gasteiger partial charge < -0.3 is 11.1 Å². The summed E-state index contributed by atoms with van der Waals surface area (Å²) in [7, 11) is 1.89. The summed E-state index contributed by atoms with van der Waals surface area (Å²) < 4.78 is 1.79. The van der Waals surface area contributed by atoms with Crippen LogP contribution in [0.5, 0.6) is 0 Å². The third-order valence-corrected chi connectivity index (χ3v) is 4.42. The first kappa shape index (κ1) is 16.0. The molecule has 1 aromatic rings. The highest BCUT2D eigenvalue weighted by molar-refractivity contribution is 5.93. The molecule has 0 unspecified atom stereocenters. The minimum atomic E-state index is 0.0477. The van der Waals surface area contributed by atoms with E-state index in [-0.39, 0.29) is 5.91 Å². The van der Waals surface area contributed by atoms with E-state index in [1.807, 2.05) is 20.9 Å². The van der Waals surface area contributed by atoms with Crippen LogP contribution in [0.3, 0.4) is 0 Å². The van der Waals surface area contributed by atoms with E-state index in [9.17, 15) is 4.79 Å². The van der Waals surface area contributed by atoms with Gasteiger partial charge in [0.15, 0.2) is 0 Å². The molecule has 0 spiro atoms. The van der Waals surface area contributed by atoms with Gasteiger partial charge >= 0.3 is 0 Å². The Bertz CT molecular complexity index is 488. The van der Waals surface area contributed by atoms with Crippen molar-refractivity contribution in [3.8, 4) is 0 Å². The molecule has 1 aromatic heterocycles. The predicted molar refractivity (Wildman–Crippen MR) is 84.1 cm³/mol. The lowest BCUT2D eigenvalue weighted by Crippen LogP contribution is -2.39. The zero-order chi connectivity index (χ0) is 15.4. The number of anilines is 1. The standard InChI is InChI=1S/C15H27N5O/c1-11-15(12(2)19(3)18-11)17-14(21)10-20-8-5-13(4-7-16)6-9-20/h13H,4-10,16H2,1-3H3,(H,17,21). The van der Waals surface area contributed by atoms with E-state index >= 15 is 0 Å². The first-order chi connectivity index (χ1) is 10.0. The van der Waals surface area contributed by atoms with Crippen molar-refractivity contribution < 1.29 is 4.79 Å². The number of hydrogen-bond donors (Lipinski definition) is 2. The maximum atomic E-state index is 12.2. The van der Waals surface area contributed by atoms with Gasteiger partial charge in [0, 0.05) is 7.05 Å². The van der Waals surface area contributed by atoms with Crippen molar-refractivity contribution in [3.05, 3.63) is 11.4 Å². The second kappa shape index (κ2) is 7.04. The van der Waals surface area contributed by atoms with Crippen molar-refractivity contribution in [1.29, 1.82) is 0 Å². The second-order valence-electron chi connectivity index (χ2n) is 6.01. The van der Waals surface area contributed by atoms with Crippen LogP contribution in [-0.4, -0.2) is 46.8 Å². The zero-order valence-corrected chi connectivity index (χ0v) is 13.4. The largest absolute Gasteiger partial charge is 0.330 e. The summed E-state index contributed by atoms with van der Waals surface area (Å²) >= 11 is 0. The number of carbonyl (C=O) groups excluding carboxylic acids is 1. The Labute approximate surface area is 126 Å². The van der Waals surface area contributed by atoms with Gasteiger partial charge in [-0.2, -0.15) is 5.10 Å². The Balaban J connectivity index is 1.83. The number of aromatic nitrogens is 2. The van der Waals surface area contributed by atoms with E-state index in [4.69, 9.17) is 5.73 Å². The summed E-state index contributed by atoms with van der Waals surface area (Å²) in [5.74, 6) is 0.781. The van der Waals surface area contributed by atoms with Crippen LogP contribution in [0.15, 0.2) is 0 Å². The molecule has 1 aliphatic heterocycles. The molecule has 1 aliphatic rings. The normalized spacial score (nSPS) is 17.1. The Hall–Kier alpha value is -1.40. The van der Waals surface area contributed by atoms with Crippen molar-refractivity contribution in [2.24, 2.45) is 18.7 Å². The highest BCUT2D eigenvalue weighted by atomic mass is 16.2. The topological polar surface area (TPSA) is 76.2 Å². The number of piperidine rings is 1. The average molecular weight is 293 g/mol. The van der Waals surface area contributed by atoms with Crippen LogP contribution in [0.1, 0.15) is 30.7 Å². The van der Waals surface area contributed by atoms with Gasteiger partial charge in [0.25, 0.3) is 0 Å². The van der Waals surface area contributed by atoms with Gasteiger partial charge in [-0.3, -0.25) is 14.4 Å². The van der Waals surface area contributed by atoms with Crippen LogP contribution >= 0.6 is 0 Å². The summed E-state index contributed by atoms with van der Waals surface area (Å²) in [6, 6.07) is 0. The van der Waals surface area contributed by atoms with Crippen LogP contribution in [0, 0.1) is 19.8 Å². The molecule has 2 rings (SSSR count). The van der Waals surface area contributed by atoms with E-state index in [0.29, 0.717) is 6.54 Å².